The van der Waals surface area contributed by atoms with E-state index in [0.717, 1.165) is 12.5 Å². The molecule has 0 spiro atoms. The molecule has 3 rings (SSSR count). The van der Waals surface area contributed by atoms with Crippen LogP contribution in [0.5, 0.6) is 0 Å². The lowest BCUT2D eigenvalue weighted by Crippen LogP contribution is -2.50. The molecule has 1 N–H and O–H groups in total. The number of ether oxygens (including phenoxy) is 3. The summed E-state index contributed by atoms with van der Waals surface area (Å²) in [7, 11) is -3.52. The van der Waals surface area contributed by atoms with E-state index in [4.69, 9.17) is 14.2 Å². The van der Waals surface area contributed by atoms with Crippen LogP contribution in [0.3, 0.4) is 0 Å². The van der Waals surface area contributed by atoms with Crippen molar-refractivity contribution in [2.45, 2.75) is 50.9 Å². The quantitative estimate of drug-likeness (QED) is 0.366. The second kappa shape index (κ2) is 9.40. The number of carbonyl (C=O) groups is 3. The van der Waals surface area contributed by atoms with Crippen molar-refractivity contribution < 1.29 is 37.0 Å². The average molecular weight is 510 g/mol. The Morgan fingerprint density at radius 3 is 2.17 bits per heavy atom. The van der Waals surface area contributed by atoms with Crippen LogP contribution in [0.4, 0.5) is 16.2 Å². The third-order valence-electron chi connectivity index (χ3n) is 5.16. The fourth-order valence-electron chi connectivity index (χ4n) is 3.52. The predicted molar refractivity (Wildman–Crippen MR) is 128 cm³/mol. The van der Waals surface area contributed by atoms with Crippen molar-refractivity contribution in [2.24, 2.45) is 0 Å². The molecule has 12 heteroatoms. The largest absolute Gasteiger partial charge is 0.444 e. The van der Waals surface area contributed by atoms with Gasteiger partial charge in [-0.3, -0.25) is 0 Å². The molecular weight excluding hydrogens is 478 g/mol. The Morgan fingerprint density at radius 2 is 1.66 bits per heavy atom. The Labute approximate surface area is 204 Å². The molecule has 2 aliphatic heterocycles. The molecule has 0 unspecified atom stereocenters. The first-order chi connectivity index (χ1) is 16.1. The van der Waals surface area contributed by atoms with Crippen molar-refractivity contribution in [2.75, 3.05) is 42.7 Å². The summed E-state index contributed by atoms with van der Waals surface area (Å²) in [5.74, 6) is -3.09. The maximum atomic E-state index is 12.4. The first kappa shape index (κ1) is 26.3. The van der Waals surface area contributed by atoms with Gasteiger partial charge in [0.1, 0.15) is 5.60 Å². The first-order valence-corrected chi connectivity index (χ1v) is 13.0. The summed E-state index contributed by atoms with van der Waals surface area (Å²) in [6.45, 7) is 10.0. The number of nitrogens with one attached hydrogen (secondary N) is 1. The Bertz CT molecular complexity index is 1140. The van der Waals surface area contributed by atoms with Gasteiger partial charge in [0, 0.05) is 52.5 Å². The van der Waals surface area contributed by atoms with E-state index in [-0.39, 0.29) is 10.5 Å². The molecule has 1 aromatic carbocycles. The third kappa shape index (κ3) is 6.65. The molecule has 2 fully saturated rings. The standard InChI is InChI=1S/C23H31N3O8S/c1-22(2,3)34-21(29)26-11-9-25(10-12-26)18-8-7-15(35(6,30)31)13-17(18)24-14-16-19(27)32-23(4,5)33-20(16)28/h7-8,13-14,24H,9-12H2,1-6H3. The lowest BCUT2D eigenvalue weighted by atomic mass is 10.2. The van der Waals surface area contributed by atoms with Gasteiger partial charge in [0.25, 0.3) is 5.79 Å². The fraction of sp³-hybridized carbons (Fsp3) is 0.522. The number of amides is 1. The lowest BCUT2D eigenvalue weighted by molar-refractivity contribution is -0.222. The molecule has 2 heterocycles. The molecule has 0 atom stereocenters. The Balaban J connectivity index is 1.84. The number of carbonyl (C=O) groups excluding carboxylic acids is 3. The molecule has 0 radical (unpaired) electrons. The summed E-state index contributed by atoms with van der Waals surface area (Å²) >= 11 is 0. The molecule has 1 aromatic rings. The molecule has 11 nitrogen and oxygen atoms in total. The van der Waals surface area contributed by atoms with Crippen molar-refractivity contribution >= 4 is 39.2 Å². The number of cyclic esters (lactones) is 2. The van der Waals surface area contributed by atoms with Gasteiger partial charge < -0.3 is 29.3 Å². The average Bonchev–Trinajstić information content (AvgIpc) is 2.70. The second-order valence-electron chi connectivity index (χ2n) is 9.79. The summed E-state index contributed by atoms with van der Waals surface area (Å²) in [6.07, 6.45) is 1.83. The van der Waals surface area contributed by atoms with Crippen LogP contribution in [0.1, 0.15) is 34.6 Å². The first-order valence-electron chi connectivity index (χ1n) is 11.1. The zero-order valence-electron chi connectivity index (χ0n) is 20.7. The van der Waals surface area contributed by atoms with Gasteiger partial charge in [0.05, 0.1) is 16.3 Å². The normalized spacial score (nSPS) is 18.5. The van der Waals surface area contributed by atoms with E-state index in [1.165, 1.54) is 26.0 Å². The molecule has 0 saturated carbocycles. The zero-order chi connectivity index (χ0) is 26.2. The van der Waals surface area contributed by atoms with E-state index in [1.54, 1.807) is 31.7 Å². The zero-order valence-corrected chi connectivity index (χ0v) is 21.5. The third-order valence-corrected chi connectivity index (χ3v) is 6.27. The van der Waals surface area contributed by atoms with Crippen LogP contribution >= 0.6 is 0 Å². The molecule has 35 heavy (non-hydrogen) atoms. The van der Waals surface area contributed by atoms with E-state index in [1.807, 2.05) is 4.90 Å². The van der Waals surface area contributed by atoms with E-state index in [9.17, 15) is 22.8 Å². The number of hydrogen-bond acceptors (Lipinski definition) is 10. The number of nitrogens with zero attached hydrogens (tertiary/aromatic N) is 2. The highest BCUT2D eigenvalue weighted by molar-refractivity contribution is 7.90. The minimum absolute atomic E-state index is 0.0597. The second-order valence-corrected chi connectivity index (χ2v) is 11.8. The summed E-state index contributed by atoms with van der Waals surface area (Å²) in [6, 6.07) is 4.54. The predicted octanol–water partition coefficient (Wildman–Crippen LogP) is 2.28. The summed E-state index contributed by atoms with van der Waals surface area (Å²) < 4.78 is 39.9. The van der Waals surface area contributed by atoms with Crippen LogP contribution < -0.4 is 10.2 Å². The van der Waals surface area contributed by atoms with Crippen LogP contribution in [0.2, 0.25) is 0 Å². The molecule has 1 amide bonds. The van der Waals surface area contributed by atoms with Gasteiger partial charge >= 0.3 is 18.0 Å². The summed E-state index contributed by atoms with van der Waals surface area (Å²) in [5.41, 5.74) is 0.0408. The van der Waals surface area contributed by atoms with Gasteiger partial charge in [0.15, 0.2) is 15.4 Å². The van der Waals surface area contributed by atoms with Crippen LogP contribution in [0, 0.1) is 0 Å². The van der Waals surface area contributed by atoms with Gasteiger partial charge in [-0.2, -0.15) is 0 Å². The smallest absolute Gasteiger partial charge is 0.410 e. The van der Waals surface area contributed by atoms with Crippen molar-refractivity contribution in [1.29, 1.82) is 0 Å². The molecule has 0 aliphatic carbocycles. The van der Waals surface area contributed by atoms with Crippen molar-refractivity contribution in [3.05, 3.63) is 30.0 Å². The van der Waals surface area contributed by atoms with Gasteiger partial charge in [-0.05, 0) is 39.0 Å². The Hall–Kier alpha value is -3.28. The highest BCUT2D eigenvalue weighted by atomic mass is 32.2. The number of anilines is 2. The van der Waals surface area contributed by atoms with E-state index < -0.39 is 39.3 Å². The van der Waals surface area contributed by atoms with Crippen LogP contribution in [0.25, 0.3) is 0 Å². The Kier molecular flexibility index (Phi) is 7.07. The highest BCUT2D eigenvalue weighted by Crippen LogP contribution is 2.31. The SMILES string of the molecule is CC(C)(C)OC(=O)N1CCN(c2ccc(S(C)(=O)=O)cc2NC=C2C(=O)OC(C)(C)OC2=O)CC1. The lowest BCUT2D eigenvalue weighted by Gasteiger charge is -2.37. The Morgan fingerprint density at radius 1 is 1.09 bits per heavy atom. The van der Waals surface area contributed by atoms with E-state index in [0.29, 0.717) is 37.6 Å². The number of piperazine rings is 1. The summed E-state index contributed by atoms with van der Waals surface area (Å²) in [5, 5.41) is 2.87. The molecule has 192 valence electrons. The van der Waals surface area contributed by atoms with E-state index >= 15 is 0 Å². The van der Waals surface area contributed by atoms with Crippen molar-refractivity contribution in [3.63, 3.8) is 0 Å². The molecule has 2 saturated heterocycles. The topological polar surface area (TPSA) is 132 Å². The maximum Gasteiger partial charge on any atom is 0.410 e. The van der Waals surface area contributed by atoms with Gasteiger partial charge in [0.2, 0.25) is 0 Å². The fourth-order valence-corrected chi connectivity index (χ4v) is 4.17. The molecular formula is C23H31N3O8S. The van der Waals surface area contributed by atoms with Gasteiger partial charge in [-0.1, -0.05) is 0 Å². The molecule has 0 aromatic heterocycles. The van der Waals surface area contributed by atoms with Crippen LogP contribution in [-0.2, 0) is 33.6 Å². The van der Waals surface area contributed by atoms with Crippen molar-refractivity contribution in [1.82, 2.24) is 4.90 Å². The van der Waals surface area contributed by atoms with E-state index in [2.05, 4.69) is 5.32 Å². The number of sulfone groups is 1. The minimum atomic E-state index is -3.52. The minimum Gasteiger partial charge on any atom is -0.444 e. The molecule has 2 aliphatic rings. The van der Waals surface area contributed by atoms with Crippen LogP contribution in [-0.4, -0.2) is 75.2 Å². The number of esters is 2. The summed E-state index contributed by atoms with van der Waals surface area (Å²) in [4.78, 5) is 40.5. The monoisotopic (exact) mass is 509 g/mol. The number of hydrogen-bond donors (Lipinski definition) is 1. The van der Waals surface area contributed by atoms with Gasteiger partial charge in [-0.25, -0.2) is 22.8 Å². The van der Waals surface area contributed by atoms with Crippen molar-refractivity contribution in [3.8, 4) is 0 Å². The highest BCUT2D eigenvalue weighted by Gasteiger charge is 2.39. The van der Waals surface area contributed by atoms with Gasteiger partial charge in [-0.15, -0.1) is 0 Å². The maximum absolute atomic E-state index is 12.4. The molecule has 0 bridgehead atoms. The van der Waals surface area contributed by atoms with Crippen LogP contribution in [0.15, 0.2) is 34.9 Å². The number of rotatable bonds is 4. The number of benzene rings is 1.